The number of aliphatic hydroxyl groups excluding tert-OH is 1. The molecule has 0 aliphatic heterocycles. The highest BCUT2D eigenvalue weighted by molar-refractivity contribution is 5.85. The maximum absolute atomic E-state index is 11.8. The molecule has 4 heteroatoms. The molecule has 1 aliphatic carbocycles. The first kappa shape index (κ1) is 13.5. The van der Waals surface area contributed by atoms with Gasteiger partial charge in [0, 0.05) is 12.5 Å². The van der Waals surface area contributed by atoms with Crippen molar-refractivity contribution in [2.45, 2.75) is 57.6 Å². The Bertz CT molecular complexity index is 241. The Hall–Kier alpha value is -0.610. The van der Waals surface area contributed by atoms with Gasteiger partial charge in [-0.2, -0.15) is 0 Å². The second kappa shape index (κ2) is 5.64. The van der Waals surface area contributed by atoms with Crippen molar-refractivity contribution in [2.75, 3.05) is 6.54 Å². The van der Waals surface area contributed by atoms with Crippen LogP contribution in [0.2, 0.25) is 0 Å². The van der Waals surface area contributed by atoms with Gasteiger partial charge in [0.15, 0.2) is 0 Å². The van der Waals surface area contributed by atoms with Crippen molar-refractivity contribution >= 4 is 5.91 Å². The van der Waals surface area contributed by atoms with Crippen molar-refractivity contribution in [3.8, 4) is 0 Å². The fourth-order valence-electron chi connectivity index (χ4n) is 2.31. The molecule has 1 aliphatic rings. The number of nitrogens with two attached hydrogens (primary N) is 1. The standard InChI is InChI=1S/C12H24N2O2/c1-3-7-12(2,13)11(16)14-8-9-5-4-6-10(9)15/h9-10,15H,3-8,13H2,1-2H3,(H,14,16). The molecule has 0 radical (unpaired) electrons. The minimum atomic E-state index is -0.779. The predicted octanol–water partition coefficient (Wildman–Crippen LogP) is 0.781. The Morgan fingerprint density at radius 2 is 2.25 bits per heavy atom. The molecule has 16 heavy (non-hydrogen) atoms. The normalized spacial score (nSPS) is 28.8. The predicted molar refractivity (Wildman–Crippen MR) is 63.9 cm³/mol. The second-order valence-corrected chi connectivity index (χ2v) is 5.14. The average molecular weight is 228 g/mol. The van der Waals surface area contributed by atoms with E-state index in [1.807, 2.05) is 6.92 Å². The molecule has 4 N–H and O–H groups in total. The molecule has 94 valence electrons. The summed E-state index contributed by atoms with van der Waals surface area (Å²) in [5, 5.41) is 12.5. The van der Waals surface area contributed by atoms with Gasteiger partial charge >= 0.3 is 0 Å². The number of hydrogen-bond donors (Lipinski definition) is 3. The number of carbonyl (C=O) groups is 1. The van der Waals surface area contributed by atoms with Crippen LogP contribution in [-0.4, -0.2) is 29.2 Å². The topological polar surface area (TPSA) is 75.4 Å². The zero-order chi connectivity index (χ0) is 12.2. The Balaban J connectivity index is 2.34. The van der Waals surface area contributed by atoms with E-state index in [1.54, 1.807) is 6.92 Å². The molecule has 1 saturated carbocycles. The second-order valence-electron chi connectivity index (χ2n) is 5.14. The van der Waals surface area contributed by atoms with E-state index in [4.69, 9.17) is 5.73 Å². The molecular formula is C12H24N2O2. The van der Waals surface area contributed by atoms with Crippen LogP contribution in [0.4, 0.5) is 0 Å². The molecule has 0 aromatic heterocycles. The van der Waals surface area contributed by atoms with Gasteiger partial charge in [-0.25, -0.2) is 0 Å². The van der Waals surface area contributed by atoms with Crippen LogP contribution in [0.15, 0.2) is 0 Å². The van der Waals surface area contributed by atoms with Crippen LogP contribution in [0.25, 0.3) is 0 Å². The summed E-state index contributed by atoms with van der Waals surface area (Å²) < 4.78 is 0. The van der Waals surface area contributed by atoms with E-state index >= 15 is 0 Å². The Kier molecular flexibility index (Phi) is 4.74. The lowest BCUT2D eigenvalue weighted by atomic mass is 9.96. The lowest BCUT2D eigenvalue weighted by molar-refractivity contribution is -0.126. The molecule has 1 fully saturated rings. The largest absolute Gasteiger partial charge is 0.393 e. The summed E-state index contributed by atoms with van der Waals surface area (Å²) in [6.07, 6.45) is 4.23. The molecular weight excluding hydrogens is 204 g/mol. The summed E-state index contributed by atoms with van der Waals surface area (Å²) in [5.41, 5.74) is 5.14. The van der Waals surface area contributed by atoms with Crippen molar-refractivity contribution in [3.63, 3.8) is 0 Å². The summed E-state index contributed by atoms with van der Waals surface area (Å²) in [6, 6.07) is 0. The monoisotopic (exact) mass is 228 g/mol. The van der Waals surface area contributed by atoms with Crippen LogP contribution in [-0.2, 0) is 4.79 Å². The van der Waals surface area contributed by atoms with Crippen molar-refractivity contribution in [1.29, 1.82) is 0 Å². The fourth-order valence-corrected chi connectivity index (χ4v) is 2.31. The van der Waals surface area contributed by atoms with Crippen molar-refractivity contribution in [3.05, 3.63) is 0 Å². The SMILES string of the molecule is CCCC(C)(N)C(=O)NCC1CCCC1O. The Morgan fingerprint density at radius 3 is 2.75 bits per heavy atom. The van der Waals surface area contributed by atoms with Gasteiger partial charge in [-0.3, -0.25) is 4.79 Å². The van der Waals surface area contributed by atoms with E-state index in [9.17, 15) is 9.90 Å². The minimum Gasteiger partial charge on any atom is -0.393 e. The molecule has 1 amide bonds. The van der Waals surface area contributed by atoms with E-state index in [-0.39, 0.29) is 17.9 Å². The molecule has 0 heterocycles. The van der Waals surface area contributed by atoms with Crippen molar-refractivity contribution in [1.82, 2.24) is 5.32 Å². The van der Waals surface area contributed by atoms with Crippen molar-refractivity contribution < 1.29 is 9.90 Å². The first-order chi connectivity index (χ1) is 7.47. The lowest BCUT2D eigenvalue weighted by Gasteiger charge is -2.24. The third kappa shape index (κ3) is 3.46. The highest BCUT2D eigenvalue weighted by Gasteiger charge is 2.30. The number of carbonyl (C=O) groups excluding carboxylic acids is 1. The smallest absolute Gasteiger partial charge is 0.239 e. The number of amides is 1. The number of rotatable bonds is 5. The van der Waals surface area contributed by atoms with Gasteiger partial charge < -0.3 is 16.2 Å². The zero-order valence-electron chi connectivity index (χ0n) is 10.3. The summed E-state index contributed by atoms with van der Waals surface area (Å²) in [5.74, 6) is 0.106. The first-order valence-corrected chi connectivity index (χ1v) is 6.22. The van der Waals surface area contributed by atoms with Crippen LogP contribution in [0.5, 0.6) is 0 Å². The van der Waals surface area contributed by atoms with Gasteiger partial charge in [0.2, 0.25) is 5.91 Å². The Morgan fingerprint density at radius 1 is 1.56 bits per heavy atom. The number of aliphatic hydroxyl groups is 1. The minimum absolute atomic E-state index is 0.103. The van der Waals surface area contributed by atoms with E-state index in [1.165, 1.54) is 0 Å². The lowest BCUT2D eigenvalue weighted by Crippen LogP contribution is -2.52. The van der Waals surface area contributed by atoms with Gasteiger partial charge in [-0.05, 0) is 26.2 Å². The van der Waals surface area contributed by atoms with E-state index in [0.29, 0.717) is 13.0 Å². The zero-order valence-corrected chi connectivity index (χ0v) is 10.3. The summed E-state index contributed by atoms with van der Waals surface area (Å²) in [7, 11) is 0. The van der Waals surface area contributed by atoms with Gasteiger partial charge in [-0.15, -0.1) is 0 Å². The van der Waals surface area contributed by atoms with Crippen LogP contribution in [0.3, 0.4) is 0 Å². The van der Waals surface area contributed by atoms with Crippen LogP contribution >= 0.6 is 0 Å². The molecule has 0 spiro atoms. The van der Waals surface area contributed by atoms with Crippen molar-refractivity contribution in [2.24, 2.45) is 11.7 Å². The molecule has 0 bridgehead atoms. The average Bonchev–Trinajstić information content (AvgIpc) is 2.60. The summed E-state index contributed by atoms with van der Waals surface area (Å²) >= 11 is 0. The molecule has 3 atom stereocenters. The molecule has 0 aromatic rings. The highest BCUT2D eigenvalue weighted by atomic mass is 16.3. The third-order valence-electron chi connectivity index (χ3n) is 3.43. The molecule has 0 saturated heterocycles. The highest BCUT2D eigenvalue weighted by Crippen LogP contribution is 2.24. The van der Waals surface area contributed by atoms with Crippen LogP contribution in [0, 0.1) is 5.92 Å². The Labute approximate surface area is 97.6 Å². The van der Waals surface area contributed by atoms with Gasteiger partial charge in [0.1, 0.15) is 0 Å². The quantitative estimate of drug-likeness (QED) is 0.651. The number of hydrogen-bond acceptors (Lipinski definition) is 3. The van der Waals surface area contributed by atoms with Gasteiger partial charge in [0.05, 0.1) is 11.6 Å². The number of nitrogens with one attached hydrogen (secondary N) is 1. The van der Waals surface area contributed by atoms with Crippen LogP contribution < -0.4 is 11.1 Å². The molecule has 0 aromatic carbocycles. The molecule has 4 nitrogen and oxygen atoms in total. The third-order valence-corrected chi connectivity index (χ3v) is 3.43. The van der Waals surface area contributed by atoms with E-state index in [0.717, 1.165) is 25.7 Å². The van der Waals surface area contributed by atoms with E-state index < -0.39 is 5.54 Å². The van der Waals surface area contributed by atoms with Gasteiger partial charge in [-0.1, -0.05) is 19.8 Å². The summed E-state index contributed by atoms with van der Waals surface area (Å²) in [6.45, 7) is 4.33. The van der Waals surface area contributed by atoms with E-state index in [2.05, 4.69) is 5.32 Å². The fraction of sp³-hybridized carbons (Fsp3) is 0.917. The molecule has 3 unspecified atom stereocenters. The summed E-state index contributed by atoms with van der Waals surface area (Å²) in [4.78, 5) is 11.8. The maximum Gasteiger partial charge on any atom is 0.239 e. The van der Waals surface area contributed by atoms with Crippen LogP contribution in [0.1, 0.15) is 46.0 Å². The maximum atomic E-state index is 11.8. The first-order valence-electron chi connectivity index (χ1n) is 6.22. The van der Waals surface area contributed by atoms with Gasteiger partial charge in [0.25, 0.3) is 0 Å². The molecule has 1 rings (SSSR count).